The monoisotopic (exact) mass is 328 g/mol. The van der Waals surface area contributed by atoms with E-state index < -0.39 is 11.6 Å². The third-order valence-corrected chi connectivity index (χ3v) is 5.48. The molecule has 0 aliphatic carbocycles. The van der Waals surface area contributed by atoms with Gasteiger partial charge < -0.3 is 10.2 Å². The molecule has 1 saturated heterocycles. The number of nitrogens with zero attached hydrogens (tertiary/aromatic N) is 1. The van der Waals surface area contributed by atoms with Gasteiger partial charge in [-0.2, -0.15) is 0 Å². The number of carbonyl (C=O) groups excluding carboxylic acids is 2. The first-order valence-corrected chi connectivity index (χ1v) is 8.54. The van der Waals surface area contributed by atoms with Crippen molar-refractivity contribution in [2.24, 2.45) is 0 Å². The van der Waals surface area contributed by atoms with E-state index in [9.17, 15) is 9.59 Å². The van der Waals surface area contributed by atoms with E-state index in [0.717, 1.165) is 4.88 Å². The van der Waals surface area contributed by atoms with Crippen molar-refractivity contribution in [2.75, 3.05) is 0 Å². The van der Waals surface area contributed by atoms with Gasteiger partial charge in [0.1, 0.15) is 11.6 Å². The van der Waals surface area contributed by atoms with Crippen LogP contribution in [0, 0.1) is 0 Å². The molecule has 0 saturated carbocycles. The molecule has 1 aliphatic heterocycles. The van der Waals surface area contributed by atoms with Gasteiger partial charge in [0.25, 0.3) is 0 Å². The predicted octanol–water partition coefficient (Wildman–Crippen LogP) is 3.20. The van der Waals surface area contributed by atoms with Crippen LogP contribution in [-0.4, -0.2) is 28.3 Å². The van der Waals surface area contributed by atoms with Gasteiger partial charge in [-0.05, 0) is 31.4 Å². The average molecular weight is 329 g/mol. The zero-order valence-corrected chi connectivity index (χ0v) is 14.2. The van der Waals surface area contributed by atoms with E-state index in [1.807, 2.05) is 32.9 Å². The molecule has 1 N–H and O–H groups in total. The number of piperazine rings is 1. The molecule has 0 spiro atoms. The highest BCUT2D eigenvalue weighted by molar-refractivity contribution is 7.16. The maximum Gasteiger partial charge on any atom is 0.249 e. The Bertz CT molecular complexity index is 540. The SMILES string of the molecule is CCC1C(=O)NC(CC)(CC)C(=O)N1Cc1ccc(Cl)s1. The van der Waals surface area contributed by atoms with E-state index in [-0.39, 0.29) is 11.8 Å². The first kappa shape index (κ1) is 16.3. The zero-order chi connectivity index (χ0) is 15.6. The molecule has 1 fully saturated rings. The second-order valence-corrected chi connectivity index (χ2v) is 7.14. The summed E-state index contributed by atoms with van der Waals surface area (Å²) in [5.41, 5.74) is -0.760. The summed E-state index contributed by atoms with van der Waals surface area (Å²) < 4.78 is 0.698. The number of hydrogen-bond acceptors (Lipinski definition) is 3. The summed E-state index contributed by atoms with van der Waals surface area (Å²) in [6, 6.07) is 3.34. The molecule has 1 atom stereocenters. The predicted molar refractivity (Wildman–Crippen MR) is 85.4 cm³/mol. The molecule has 1 aliphatic rings. The van der Waals surface area contributed by atoms with Crippen LogP contribution in [0.3, 0.4) is 0 Å². The van der Waals surface area contributed by atoms with Gasteiger partial charge in [-0.3, -0.25) is 9.59 Å². The minimum atomic E-state index is -0.760. The summed E-state index contributed by atoms with van der Waals surface area (Å²) >= 11 is 7.41. The molecule has 116 valence electrons. The maximum absolute atomic E-state index is 12.9. The minimum absolute atomic E-state index is 0.0171. The van der Waals surface area contributed by atoms with Crippen LogP contribution in [0.1, 0.15) is 44.9 Å². The lowest BCUT2D eigenvalue weighted by Gasteiger charge is -2.45. The lowest BCUT2D eigenvalue weighted by atomic mass is 9.86. The van der Waals surface area contributed by atoms with E-state index in [1.165, 1.54) is 11.3 Å². The fraction of sp³-hybridized carbons (Fsp3) is 0.600. The van der Waals surface area contributed by atoms with Crippen LogP contribution >= 0.6 is 22.9 Å². The van der Waals surface area contributed by atoms with Gasteiger partial charge >= 0.3 is 0 Å². The first-order valence-electron chi connectivity index (χ1n) is 7.34. The number of amides is 2. The largest absolute Gasteiger partial charge is 0.340 e. The van der Waals surface area contributed by atoms with E-state index in [4.69, 9.17) is 11.6 Å². The van der Waals surface area contributed by atoms with Gasteiger partial charge in [0.15, 0.2) is 0 Å². The number of thiophene rings is 1. The molecular formula is C15H21ClN2O2S. The van der Waals surface area contributed by atoms with Crippen molar-refractivity contribution in [2.45, 2.75) is 58.2 Å². The fourth-order valence-electron chi connectivity index (χ4n) is 2.85. The molecular weight excluding hydrogens is 308 g/mol. The van der Waals surface area contributed by atoms with Crippen molar-refractivity contribution < 1.29 is 9.59 Å². The lowest BCUT2D eigenvalue weighted by molar-refractivity contribution is -0.156. The van der Waals surface area contributed by atoms with Crippen molar-refractivity contribution in [1.29, 1.82) is 0 Å². The third-order valence-electron chi connectivity index (χ3n) is 4.26. The van der Waals surface area contributed by atoms with Crippen LogP contribution in [0.5, 0.6) is 0 Å². The maximum atomic E-state index is 12.9. The summed E-state index contributed by atoms with van der Waals surface area (Å²) in [7, 11) is 0. The summed E-state index contributed by atoms with van der Waals surface area (Å²) in [6.07, 6.45) is 1.82. The van der Waals surface area contributed by atoms with Gasteiger partial charge in [0.05, 0.1) is 10.9 Å². The molecule has 4 nitrogen and oxygen atoms in total. The van der Waals surface area contributed by atoms with Crippen molar-refractivity contribution >= 4 is 34.8 Å². The van der Waals surface area contributed by atoms with Gasteiger partial charge in [-0.15, -0.1) is 11.3 Å². The number of halogens is 1. The smallest absolute Gasteiger partial charge is 0.249 e. The van der Waals surface area contributed by atoms with E-state index in [2.05, 4.69) is 5.32 Å². The van der Waals surface area contributed by atoms with E-state index in [0.29, 0.717) is 30.1 Å². The van der Waals surface area contributed by atoms with Crippen molar-refractivity contribution in [3.05, 3.63) is 21.3 Å². The van der Waals surface area contributed by atoms with E-state index in [1.54, 1.807) is 4.90 Å². The molecule has 1 aromatic heterocycles. The Balaban J connectivity index is 2.32. The van der Waals surface area contributed by atoms with Crippen LogP contribution in [0.2, 0.25) is 4.34 Å². The Morgan fingerprint density at radius 1 is 1.29 bits per heavy atom. The molecule has 0 radical (unpaired) electrons. The molecule has 2 rings (SSSR count). The highest BCUT2D eigenvalue weighted by Crippen LogP contribution is 2.30. The number of rotatable bonds is 5. The standard InChI is InChI=1S/C15H21ClN2O2S/c1-4-11-13(19)17-15(5-2,6-3)14(20)18(11)9-10-7-8-12(16)21-10/h7-8,11H,4-6,9H2,1-3H3,(H,17,19). The molecule has 1 unspecified atom stereocenters. The van der Waals surface area contributed by atoms with Crippen molar-refractivity contribution in [3.63, 3.8) is 0 Å². The molecule has 0 bridgehead atoms. The van der Waals surface area contributed by atoms with Gasteiger partial charge in [0, 0.05) is 4.88 Å². The summed E-state index contributed by atoms with van der Waals surface area (Å²) in [4.78, 5) is 28.0. The Hall–Kier alpha value is -1.07. The number of carbonyl (C=O) groups is 2. The van der Waals surface area contributed by atoms with Crippen LogP contribution in [0.4, 0.5) is 0 Å². The van der Waals surface area contributed by atoms with Crippen molar-refractivity contribution in [3.8, 4) is 0 Å². The van der Waals surface area contributed by atoms with Crippen molar-refractivity contribution in [1.82, 2.24) is 10.2 Å². The molecule has 1 aromatic rings. The van der Waals surface area contributed by atoms with Gasteiger partial charge in [-0.1, -0.05) is 32.4 Å². The fourth-order valence-corrected chi connectivity index (χ4v) is 3.94. The second kappa shape index (κ2) is 6.36. The molecule has 6 heteroatoms. The molecule has 21 heavy (non-hydrogen) atoms. The minimum Gasteiger partial charge on any atom is -0.340 e. The first-order chi connectivity index (χ1) is 9.97. The molecule has 0 aromatic carbocycles. The highest BCUT2D eigenvalue weighted by Gasteiger charge is 2.48. The van der Waals surface area contributed by atoms with Crippen LogP contribution < -0.4 is 5.32 Å². The number of nitrogens with one attached hydrogen (secondary N) is 1. The second-order valence-electron chi connectivity index (χ2n) is 5.34. The molecule has 2 amide bonds. The lowest BCUT2D eigenvalue weighted by Crippen LogP contribution is -2.69. The zero-order valence-electron chi connectivity index (χ0n) is 12.6. The average Bonchev–Trinajstić information content (AvgIpc) is 2.88. The summed E-state index contributed by atoms with van der Waals surface area (Å²) in [6.45, 7) is 6.25. The van der Waals surface area contributed by atoms with E-state index >= 15 is 0 Å². The molecule has 2 heterocycles. The van der Waals surface area contributed by atoms with Crippen LogP contribution in [-0.2, 0) is 16.1 Å². The van der Waals surface area contributed by atoms with Crippen LogP contribution in [0.15, 0.2) is 12.1 Å². The third kappa shape index (κ3) is 2.94. The Kier molecular flexibility index (Phi) is 4.94. The van der Waals surface area contributed by atoms with Gasteiger partial charge in [-0.25, -0.2) is 0 Å². The summed E-state index contributed by atoms with van der Waals surface area (Å²) in [5, 5.41) is 2.95. The summed E-state index contributed by atoms with van der Waals surface area (Å²) in [5.74, 6) is -0.0353. The van der Waals surface area contributed by atoms with Gasteiger partial charge in [0.2, 0.25) is 11.8 Å². The topological polar surface area (TPSA) is 49.4 Å². The van der Waals surface area contributed by atoms with Crippen LogP contribution in [0.25, 0.3) is 0 Å². The Morgan fingerprint density at radius 3 is 2.43 bits per heavy atom. The Labute approximate surface area is 134 Å². The number of hydrogen-bond donors (Lipinski definition) is 1. The Morgan fingerprint density at radius 2 is 1.95 bits per heavy atom. The highest BCUT2D eigenvalue weighted by atomic mass is 35.5. The normalized spacial score (nSPS) is 21.5. The quantitative estimate of drug-likeness (QED) is 0.902.